The quantitative estimate of drug-likeness (QED) is 0.617. The van der Waals surface area contributed by atoms with Crippen LogP contribution >= 0.6 is 0 Å². The Bertz CT molecular complexity index is 687. The zero-order valence-electron chi connectivity index (χ0n) is 13.3. The van der Waals surface area contributed by atoms with Gasteiger partial charge in [0, 0.05) is 18.8 Å². The van der Waals surface area contributed by atoms with Gasteiger partial charge in [0.15, 0.2) is 5.78 Å². The highest BCUT2D eigenvalue weighted by molar-refractivity contribution is 6.05. The third-order valence-electron chi connectivity index (χ3n) is 5.12. The largest absolute Gasteiger partial charge is 0.322 e. The minimum Gasteiger partial charge on any atom is -0.322 e. The maximum atomic E-state index is 13.2. The fourth-order valence-corrected chi connectivity index (χ4v) is 3.59. The van der Waals surface area contributed by atoms with Crippen LogP contribution in [0.5, 0.6) is 0 Å². The van der Waals surface area contributed by atoms with Crippen LogP contribution in [0.1, 0.15) is 37.0 Å². The van der Waals surface area contributed by atoms with Gasteiger partial charge in [-0.25, -0.2) is 0 Å². The van der Waals surface area contributed by atoms with E-state index < -0.39 is 5.41 Å². The standard InChI is InChI=1S/C19H21NO2/c1-13-11-16-18(22)20(3)10-9-19(16,12-14(13)2)17(21)15-7-5-4-6-8-15/h4-10,16H,11-12H2,1-3H3/t16-,19+/m0/s1. The lowest BCUT2D eigenvalue weighted by Gasteiger charge is -2.44. The van der Waals surface area contributed by atoms with E-state index in [0.717, 1.165) is 0 Å². The summed E-state index contributed by atoms with van der Waals surface area (Å²) in [4.78, 5) is 27.5. The van der Waals surface area contributed by atoms with Crippen molar-refractivity contribution >= 4 is 11.7 Å². The van der Waals surface area contributed by atoms with Crippen molar-refractivity contribution in [3.8, 4) is 0 Å². The van der Waals surface area contributed by atoms with Gasteiger partial charge in [0.1, 0.15) is 0 Å². The predicted octanol–water partition coefficient (Wildman–Crippen LogP) is 3.59. The van der Waals surface area contributed by atoms with Crippen molar-refractivity contribution in [2.75, 3.05) is 7.05 Å². The van der Waals surface area contributed by atoms with Crippen molar-refractivity contribution in [2.24, 2.45) is 11.3 Å². The summed E-state index contributed by atoms with van der Waals surface area (Å²) < 4.78 is 0. The summed E-state index contributed by atoms with van der Waals surface area (Å²) >= 11 is 0. The lowest BCUT2D eigenvalue weighted by Crippen LogP contribution is -2.50. The summed E-state index contributed by atoms with van der Waals surface area (Å²) in [7, 11) is 1.76. The van der Waals surface area contributed by atoms with Crippen molar-refractivity contribution < 1.29 is 9.59 Å². The predicted molar refractivity (Wildman–Crippen MR) is 86.2 cm³/mol. The Labute approximate surface area is 131 Å². The minimum atomic E-state index is -0.728. The highest BCUT2D eigenvalue weighted by Gasteiger charge is 2.51. The van der Waals surface area contributed by atoms with Crippen molar-refractivity contribution in [2.45, 2.75) is 26.7 Å². The van der Waals surface area contributed by atoms with Gasteiger partial charge in [-0.2, -0.15) is 0 Å². The van der Waals surface area contributed by atoms with E-state index >= 15 is 0 Å². The lowest BCUT2D eigenvalue weighted by atomic mass is 9.60. The van der Waals surface area contributed by atoms with Crippen LogP contribution in [-0.4, -0.2) is 23.6 Å². The maximum absolute atomic E-state index is 13.2. The van der Waals surface area contributed by atoms with Gasteiger partial charge in [0.25, 0.3) is 0 Å². The highest BCUT2D eigenvalue weighted by Crippen LogP contribution is 2.49. The molecule has 114 valence electrons. The average molecular weight is 295 g/mol. The second-order valence-electron chi connectivity index (χ2n) is 6.49. The molecule has 22 heavy (non-hydrogen) atoms. The Balaban J connectivity index is 2.13. The summed E-state index contributed by atoms with van der Waals surface area (Å²) in [6.07, 6.45) is 5.00. The molecule has 2 atom stereocenters. The number of amides is 1. The van der Waals surface area contributed by atoms with Gasteiger partial charge in [-0.3, -0.25) is 9.59 Å². The van der Waals surface area contributed by atoms with Gasteiger partial charge in [-0.05, 0) is 26.7 Å². The topological polar surface area (TPSA) is 37.4 Å². The Morgan fingerprint density at radius 2 is 1.86 bits per heavy atom. The maximum Gasteiger partial charge on any atom is 0.231 e. The molecule has 0 aromatic heterocycles. The number of nitrogens with zero attached hydrogens (tertiary/aromatic N) is 1. The number of carbonyl (C=O) groups is 2. The Morgan fingerprint density at radius 1 is 1.18 bits per heavy atom. The van der Waals surface area contributed by atoms with E-state index in [1.54, 1.807) is 18.1 Å². The van der Waals surface area contributed by atoms with E-state index in [9.17, 15) is 9.59 Å². The summed E-state index contributed by atoms with van der Waals surface area (Å²) in [6.45, 7) is 4.14. The molecule has 0 saturated heterocycles. The molecule has 0 fully saturated rings. The van der Waals surface area contributed by atoms with Crippen LogP contribution in [0.4, 0.5) is 0 Å². The number of benzene rings is 1. The smallest absolute Gasteiger partial charge is 0.231 e. The average Bonchev–Trinajstić information content (AvgIpc) is 2.53. The third-order valence-corrected chi connectivity index (χ3v) is 5.12. The molecular formula is C19H21NO2. The zero-order chi connectivity index (χ0) is 15.9. The van der Waals surface area contributed by atoms with Crippen LogP contribution in [0.25, 0.3) is 0 Å². The molecule has 0 bridgehead atoms. The molecule has 1 aromatic rings. The van der Waals surface area contributed by atoms with Gasteiger partial charge in [0.2, 0.25) is 5.91 Å². The van der Waals surface area contributed by atoms with Crippen LogP contribution in [0.3, 0.4) is 0 Å². The molecule has 3 nitrogen and oxygen atoms in total. The van der Waals surface area contributed by atoms with Crippen molar-refractivity contribution in [3.05, 3.63) is 59.3 Å². The molecule has 2 aliphatic rings. The molecule has 1 aromatic carbocycles. The van der Waals surface area contributed by atoms with Gasteiger partial charge in [-0.15, -0.1) is 0 Å². The minimum absolute atomic E-state index is 0.0404. The first-order valence-electron chi connectivity index (χ1n) is 7.67. The first-order valence-corrected chi connectivity index (χ1v) is 7.67. The molecule has 1 aliphatic carbocycles. The first-order chi connectivity index (χ1) is 10.5. The van der Waals surface area contributed by atoms with E-state index in [2.05, 4.69) is 13.8 Å². The van der Waals surface area contributed by atoms with E-state index in [1.165, 1.54) is 11.1 Å². The molecule has 0 N–H and O–H groups in total. The summed E-state index contributed by atoms with van der Waals surface area (Å²) in [5, 5.41) is 0. The Kier molecular flexibility index (Phi) is 3.51. The van der Waals surface area contributed by atoms with E-state index in [1.807, 2.05) is 36.4 Å². The van der Waals surface area contributed by atoms with Gasteiger partial charge >= 0.3 is 0 Å². The van der Waals surface area contributed by atoms with Crippen LogP contribution < -0.4 is 0 Å². The Hall–Kier alpha value is -2.16. The second-order valence-corrected chi connectivity index (χ2v) is 6.49. The van der Waals surface area contributed by atoms with Gasteiger partial charge < -0.3 is 4.90 Å². The zero-order valence-corrected chi connectivity index (χ0v) is 13.3. The molecule has 0 spiro atoms. The summed E-state index contributed by atoms with van der Waals surface area (Å²) in [5.41, 5.74) is 2.41. The molecule has 1 aliphatic heterocycles. The van der Waals surface area contributed by atoms with Crippen LogP contribution in [0, 0.1) is 11.3 Å². The first kappa shape index (κ1) is 14.8. The van der Waals surface area contributed by atoms with Crippen LogP contribution in [0.15, 0.2) is 53.8 Å². The number of ketones is 1. The lowest BCUT2D eigenvalue weighted by molar-refractivity contribution is -0.135. The fraction of sp³-hybridized carbons (Fsp3) is 0.368. The van der Waals surface area contributed by atoms with Gasteiger partial charge in [0.05, 0.1) is 11.3 Å². The van der Waals surface area contributed by atoms with Crippen molar-refractivity contribution in [1.29, 1.82) is 0 Å². The van der Waals surface area contributed by atoms with Crippen molar-refractivity contribution in [3.63, 3.8) is 0 Å². The summed E-state index contributed by atoms with van der Waals surface area (Å²) in [5.74, 6) is -0.194. The highest BCUT2D eigenvalue weighted by atomic mass is 16.2. The normalized spacial score (nSPS) is 27.9. The number of fused-ring (bicyclic) bond motifs is 1. The number of allylic oxidation sites excluding steroid dienone is 3. The fourth-order valence-electron chi connectivity index (χ4n) is 3.59. The number of hydrogen-bond acceptors (Lipinski definition) is 2. The monoisotopic (exact) mass is 295 g/mol. The molecule has 0 radical (unpaired) electrons. The molecule has 1 heterocycles. The van der Waals surface area contributed by atoms with E-state index in [-0.39, 0.29) is 17.6 Å². The second kappa shape index (κ2) is 5.24. The van der Waals surface area contributed by atoms with Crippen molar-refractivity contribution in [1.82, 2.24) is 4.90 Å². The number of hydrogen-bond donors (Lipinski definition) is 0. The molecule has 3 rings (SSSR count). The summed E-state index contributed by atoms with van der Waals surface area (Å²) in [6, 6.07) is 9.32. The van der Waals surface area contributed by atoms with E-state index in [4.69, 9.17) is 0 Å². The SMILES string of the molecule is CC1=C(C)C[C@]2(C(=O)c3ccccc3)C=CN(C)C(=O)[C@@H]2C1. The van der Waals surface area contributed by atoms with Crippen LogP contribution in [0.2, 0.25) is 0 Å². The Morgan fingerprint density at radius 3 is 2.55 bits per heavy atom. The van der Waals surface area contributed by atoms with Gasteiger partial charge in [-0.1, -0.05) is 47.6 Å². The molecule has 0 saturated carbocycles. The molecular weight excluding hydrogens is 274 g/mol. The van der Waals surface area contributed by atoms with E-state index in [0.29, 0.717) is 18.4 Å². The third kappa shape index (κ3) is 2.12. The number of rotatable bonds is 2. The molecule has 3 heteroatoms. The molecule has 0 unspecified atom stereocenters. The number of carbonyl (C=O) groups excluding carboxylic acids is 2. The van der Waals surface area contributed by atoms with Crippen LogP contribution in [-0.2, 0) is 4.79 Å². The molecule has 1 amide bonds. The number of Topliss-reactive ketones (excluding diaryl/α,β-unsaturated/α-hetero) is 1.